The standard InChI is InChI=1S/C28H25F2N5O5S/c1-14(2)41(37,38)17-8-6-16(7-9-17)23-25(28(3,4)5)34-26(39-27(32)36)24(33-23)21-12-20(35-40-21)22-18(29)10-15(13-31)11-19(22)30/h6-12,14H,1-5H3,(H2,32,36). The number of carbonyl (C=O) groups is 1. The molecule has 0 fully saturated rings. The van der Waals surface area contributed by atoms with Crippen LogP contribution >= 0.6 is 0 Å². The van der Waals surface area contributed by atoms with Crippen LogP contribution in [0.3, 0.4) is 0 Å². The summed E-state index contributed by atoms with van der Waals surface area (Å²) in [5.41, 5.74) is 4.61. The van der Waals surface area contributed by atoms with E-state index in [9.17, 15) is 22.0 Å². The zero-order chi connectivity index (χ0) is 30.3. The molecule has 41 heavy (non-hydrogen) atoms. The van der Waals surface area contributed by atoms with E-state index in [0.717, 1.165) is 12.1 Å². The number of hydrogen-bond donors (Lipinski definition) is 1. The number of primary amides is 1. The molecule has 2 heterocycles. The first kappa shape index (κ1) is 29.3. The van der Waals surface area contributed by atoms with Crippen molar-refractivity contribution in [2.75, 3.05) is 0 Å². The Hall–Kier alpha value is -4.70. The highest BCUT2D eigenvalue weighted by molar-refractivity contribution is 7.92. The molecule has 1 amide bonds. The molecular formula is C28H25F2N5O5S. The monoisotopic (exact) mass is 581 g/mol. The van der Waals surface area contributed by atoms with Gasteiger partial charge in [0.25, 0.3) is 5.88 Å². The minimum Gasteiger partial charge on any atom is -0.389 e. The lowest BCUT2D eigenvalue weighted by molar-refractivity contribution is 0.208. The molecule has 2 aromatic heterocycles. The number of rotatable bonds is 6. The van der Waals surface area contributed by atoms with E-state index in [-0.39, 0.29) is 33.5 Å². The van der Waals surface area contributed by atoms with Gasteiger partial charge in [-0.25, -0.2) is 32.0 Å². The van der Waals surface area contributed by atoms with Crippen LogP contribution in [0.2, 0.25) is 0 Å². The van der Waals surface area contributed by atoms with Gasteiger partial charge in [0.1, 0.15) is 17.3 Å². The molecule has 0 bridgehead atoms. The van der Waals surface area contributed by atoms with E-state index in [1.165, 1.54) is 18.2 Å². The Morgan fingerprint density at radius 2 is 1.66 bits per heavy atom. The molecular weight excluding hydrogens is 556 g/mol. The number of aromatic nitrogens is 3. The molecule has 212 valence electrons. The Kier molecular flexibility index (Phi) is 7.64. The van der Waals surface area contributed by atoms with Crippen molar-refractivity contribution in [3.05, 3.63) is 65.4 Å². The van der Waals surface area contributed by atoms with Crippen LogP contribution in [0.5, 0.6) is 5.88 Å². The average molecular weight is 582 g/mol. The van der Waals surface area contributed by atoms with Crippen LogP contribution in [0.1, 0.15) is 45.9 Å². The summed E-state index contributed by atoms with van der Waals surface area (Å²) in [6.45, 7) is 8.69. The quantitative estimate of drug-likeness (QED) is 0.307. The number of nitrogens with zero attached hydrogens (tertiary/aromatic N) is 4. The SMILES string of the molecule is CC(C)S(=O)(=O)c1ccc(-c2nc(-c3cc(-c4c(F)cc(C#N)cc4F)no3)c(OC(N)=O)nc2C(C)(C)C)cc1. The molecule has 0 unspecified atom stereocenters. The van der Waals surface area contributed by atoms with Crippen molar-refractivity contribution in [2.24, 2.45) is 5.73 Å². The normalized spacial score (nSPS) is 11.9. The van der Waals surface area contributed by atoms with Crippen molar-refractivity contribution in [2.45, 2.75) is 50.2 Å². The molecule has 0 aliphatic carbocycles. The smallest absolute Gasteiger partial charge is 0.389 e. The predicted octanol–water partition coefficient (Wildman–Crippen LogP) is 5.55. The van der Waals surface area contributed by atoms with Gasteiger partial charge in [-0.3, -0.25) is 0 Å². The molecule has 0 aliphatic rings. The Balaban J connectivity index is 1.92. The number of carbonyl (C=O) groups excluding carboxylic acids is 1. The fourth-order valence-corrected chi connectivity index (χ4v) is 4.99. The van der Waals surface area contributed by atoms with Crippen molar-refractivity contribution in [3.63, 3.8) is 0 Å². The third-order valence-electron chi connectivity index (χ3n) is 6.02. The molecule has 4 rings (SSSR count). The molecule has 0 saturated carbocycles. The van der Waals surface area contributed by atoms with Crippen LogP contribution in [0.4, 0.5) is 13.6 Å². The van der Waals surface area contributed by atoms with Gasteiger partial charge in [-0.05, 0) is 38.1 Å². The maximum Gasteiger partial charge on any atom is 0.411 e. The summed E-state index contributed by atoms with van der Waals surface area (Å²) in [6, 6.07) is 10.6. The summed E-state index contributed by atoms with van der Waals surface area (Å²) in [6.07, 6.45) is -1.19. The predicted molar refractivity (Wildman–Crippen MR) is 144 cm³/mol. The summed E-state index contributed by atoms with van der Waals surface area (Å²) < 4.78 is 65.0. The maximum atomic E-state index is 14.7. The molecule has 0 radical (unpaired) electrons. The minimum atomic E-state index is -3.53. The third kappa shape index (κ3) is 5.78. The zero-order valence-electron chi connectivity index (χ0n) is 22.7. The fourth-order valence-electron chi connectivity index (χ4n) is 3.93. The second-order valence-corrected chi connectivity index (χ2v) is 12.9. The highest BCUT2D eigenvalue weighted by Crippen LogP contribution is 2.38. The molecule has 0 spiro atoms. The van der Waals surface area contributed by atoms with Crippen LogP contribution in [0, 0.1) is 23.0 Å². The molecule has 2 aromatic carbocycles. The van der Waals surface area contributed by atoms with Gasteiger partial charge in [-0.1, -0.05) is 38.1 Å². The van der Waals surface area contributed by atoms with Crippen molar-refractivity contribution < 1.29 is 31.3 Å². The van der Waals surface area contributed by atoms with E-state index >= 15 is 0 Å². The van der Waals surface area contributed by atoms with E-state index in [4.69, 9.17) is 20.3 Å². The Morgan fingerprint density at radius 1 is 1.05 bits per heavy atom. The van der Waals surface area contributed by atoms with Crippen molar-refractivity contribution in [1.29, 1.82) is 5.26 Å². The summed E-state index contributed by atoms with van der Waals surface area (Å²) in [5.74, 6) is -2.58. The maximum absolute atomic E-state index is 14.7. The molecule has 10 nitrogen and oxygen atoms in total. The average Bonchev–Trinajstić information content (AvgIpc) is 3.36. The van der Waals surface area contributed by atoms with E-state index in [0.29, 0.717) is 17.0 Å². The van der Waals surface area contributed by atoms with Crippen molar-refractivity contribution >= 4 is 15.9 Å². The van der Waals surface area contributed by atoms with Crippen LogP contribution in [-0.4, -0.2) is 34.9 Å². The number of halogens is 2. The van der Waals surface area contributed by atoms with Gasteiger partial charge in [0, 0.05) is 17.0 Å². The van der Waals surface area contributed by atoms with Crippen molar-refractivity contribution in [1.82, 2.24) is 15.1 Å². The van der Waals surface area contributed by atoms with Crippen LogP contribution in [0.25, 0.3) is 34.0 Å². The summed E-state index contributed by atoms with van der Waals surface area (Å²) in [7, 11) is -3.53. The van der Waals surface area contributed by atoms with Gasteiger partial charge < -0.3 is 15.0 Å². The third-order valence-corrected chi connectivity index (χ3v) is 8.19. The van der Waals surface area contributed by atoms with E-state index in [1.54, 1.807) is 32.0 Å². The van der Waals surface area contributed by atoms with E-state index in [2.05, 4.69) is 15.1 Å². The first-order valence-electron chi connectivity index (χ1n) is 12.2. The van der Waals surface area contributed by atoms with Crippen LogP contribution in [-0.2, 0) is 15.3 Å². The van der Waals surface area contributed by atoms with Gasteiger partial charge in [0.15, 0.2) is 21.3 Å². The van der Waals surface area contributed by atoms with E-state index < -0.39 is 43.8 Å². The molecule has 0 saturated heterocycles. The number of benzene rings is 2. The number of hydrogen-bond acceptors (Lipinski definition) is 9. The second kappa shape index (κ2) is 10.7. The number of amides is 1. The highest BCUT2D eigenvalue weighted by Gasteiger charge is 2.29. The van der Waals surface area contributed by atoms with Gasteiger partial charge in [0.2, 0.25) is 0 Å². The molecule has 13 heteroatoms. The lowest BCUT2D eigenvalue weighted by Crippen LogP contribution is -2.21. The minimum absolute atomic E-state index is 0.127. The first-order chi connectivity index (χ1) is 19.1. The summed E-state index contributed by atoms with van der Waals surface area (Å²) in [5, 5.41) is 12.1. The summed E-state index contributed by atoms with van der Waals surface area (Å²) in [4.78, 5) is 21.0. The Morgan fingerprint density at radius 3 is 2.17 bits per heavy atom. The number of nitrogens with two attached hydrogens (primary N) is 1. The molecule has 2 N–H and O–H groups in total. The Bertz CT molecular complexity index is 1780. The van der Waals surface area contributed by atoms with Gasteiger partial charge in [-0.2, -0.15) is 5.26 Å². The lowest BCUT2D eigenvalue weighted by Gasteiger charge is -2.22. The summed E-state index contributed by atoms with van der Waals surface area (Å²) >= 11 is 0. The fraction of sp³-hybridized carbons (Fsp3) is 0.250. The second-order valence-electron chi connectivity index (χ2n) is 10.4. The van der Waals surface area contributed by atoms with E-state index in [1.807, 2.05) is 20.8 Å². The Labute approximate surface area is 234 Å². The number of sulfone groups is 1. The zero-order valence-corrected chi connectivity index (χ0v) is 23.5. The first-order valence-corrected chi connectivity index (χ1v) is 13.8. The van der Waals surface area contributed by atoms with Gasteiger partial charge in [-0.15, -0.1) is 0 Å². The van der Waals surface area contributed by atoms with Crippen LogP contribution in [0.15, 0.2) is 51.9 Å². The molecule has 0 atom stereocenters. The van der Waals surface area contributed by atoms with Crippen LogP contribution < -0.4 is 10.5 Å². The molecule has 4 aromatic rings. The molecule has 0 aliphatic heterocycles. The highest BCUT2D eigenvalue weighted by atomic mass is 32.2. The number of ether oxygens (including phenoxy) is 1. The lowest BCUT2D eigenvalue weighted by atomic mass is 9.88. The van der Waals surface area contributed by atoms with Gasteiger partial charge >= 0.3 is 6.09 Å². The van der Waals surface area contributed by atoms with Crippen molar-refractivity contribution in [3.8, 4) is 45.9 Å². The topological polar surface area (TPSA) is 162 Å². The largest absolute Gasteiger partial charge is 0.411 e. The number of nitriles is 1. The van der Waals surface area contributed by atoms with Gasteiger partial charge in [0.05, 0.1) is 38.7 Å².